The van der Waals surface area contributed by atoms with E-state index in [1.54, 1.807) is 0 Å². The second kappa shape index (κ2) is 26.7. The maximum atomic E-state index is 5.28. The zero-order valence-electron chi connectivity index (χ0n) is 53.7. The van der Waals surface area contributed by atoms with Crippen LogP contribution >= 0.6 is 0 Å². The monoisotopic (exact) mass is 1240 g/mol. The average Bonchev–Trinajstić information content (AvgIpc) is 1.56. The van der Waals surface area contributed by atoms with Gasteiger partial charge < -0.3 is 0 Å². The van der Waals surface area contributed by atoms with E-state index in [-0.39, 0.29) is 0 Å². The maximum Gasteiger partial charge on any atom is 0.164 e. The molecule has 95 heavy (non-hydrogen) atoms. The van der Waals surface area contributed by atoms with Crippen molar-refractivity contribution in [2.45, 2.75) is 40.8 Å². The Morgan fingerprint density at radius 2 is 0.442 bits per heavy atom. The number of hydrogen-bond donors (Lipinski definition) is 0. The van der Waals surface area contributed by atoms with Gasteiger partial charge >= 0.3 is 0 Å². The summed E-state index contributed by atoms with van der Waals surface area (Å²) < 4.78 is 0. The van der Waals surface area contributed by atoms with Gasteiger partial charge in [0.05, 0.1) is 34.2 Å². The SMILES string of the molecule is C[Si]1(C)C(c2cccc(-c3ccccn3)n2)=C(c2ccccc2)C(c2ccccc2)=C1c1cccc(-c2ccccn2)n1.Cc1ccc(-c2nc(-c3ccc(C)cc3)nc(-c3ccc(-c4ccc(-c5nc(-c6ccc(C)cc6)nc(-c6ccc(C)cc6)n5)cc4)cc3)n2)cc1. The minimum Gasteiger partial charge on any atom is -0.255 e. The fourth-order valence-electron chi connectivity index (χ4n) is 12.1. The summed E-state index contributed by atoms with van der Waals surface area (Å²) in [6.45, 7) is 13.2. The summed E-state index contributed by atoms with van der Waals surface area (Å²) in [5.74, 6) is 3.85. The zero-order chi connectivity index (χ0) is 64.8. The van der Waals surface area contributed by atoms with Crippen LogP contribution < -0.4 is 0 Å². The number of nitrogens with zero attached hydrogens (tertiary/aromatic N) is 10. The molecule has 1 aliphatic rings. The van der Waals surface area contributed by atoms with Crippen molar-refractivity contribution >= 4 is 29.6 Å². The van der Waals surface area contributed by atoms with Crippen molar-refractivity contribution in [3.05, 3.63) is 336 Å². The number of pyridine rings is 4. The lowest BCUT2D eigenvalue weighted by molar-refractivity contribution is 1.07. The molecule has 0 atom stereocenters. The molecule has 0 saturated heterocycles. The standard InChI is InChI=1S/C46H36N6.C38H30N4Si/c1-29-5-13-35(14-6-29)41-47-42(36-15-7-30(2)8-16-36)50-45(49-41)39-25-21-33(22-26-39)34-23-27-40(28-24-34)46-51-43(37-17-9-31(3)10-18-37)48-44(52-46)38-19-11-32(4)12-20-38;1-43(2)37(33-23-13-21-31(41-33)29-19-9-11-25-39-29)35(27-15-5-3-6-16-27)36(28-17-7-4-8-18-28)38(43)34-24-14-22-32(42-34)30-20-10-12-26-40-30/h5-28H,1-4H3;3-26H,1-2H3. The van der Waals surface area contributed by atoms with Crippen LogP contribution in [0.25, 0.3) is 124 Å². The fraction of sp³-hybridized carbons (Fsp3) is 0.0714. The van der Waals surface area contributed by atoms with Gasteiger partial charge in [-0.2, -0.15) is 0 Å². The van der Waals surface area contributed by atoms with Gasteiger partial charge in [-0.05, 0) is 120 Å². The van der Waals surface area contributed by atoms with E-state index in [0.717, 1.165) is 78.7 Å². The van der Waals surface area contributed by atoms with E-state index in [1.165, 1.54) is 54.9 Å². The minimum absolute atomic E-state index is 0.631. The van der Waals surface area contributed by atoms with Crippen molar-refractivity contribution in [2.75, 3.05) is 0 Å². The van der Waals surface area contributed by atoms with Gasteiger partial charge in [0.25, 0.3) is 0 Å². The van der Waals surface area contributed by atoms with Crippen LogP contribution in [-0.2, 0) is 0 Å². The van der Waals surface area contributed by atoms with E-state index < -0.39 is 8.07 Å². The van der Waals surface area contributed by atoms with Crippen LogP contribution in [0.5, 0.6) is 0 Å². The summed E-state index contributed by atoms with van der Waals surface area (Å²) in [6.07, 6.45) is 3.64. The Bertz CT molecular complexity index is 4650. The van der Waals surface area contributed by atoms with Gasteiger partial charge in [-0.25, -0.2) is 39.9 Å². The van der Waals surface area contributed by atoms with E-state index in [4.69, 9.17) is 39.9 Å². The molecule has 15 rings (SSSR count). The van der Waals surface area contributed by atoms with Gasteiger partial charge in [-0.1, -0.05) is 266 Å². The van der Waals surface area contributed by atoms with Crippen molar-refractivity contribution < 1.29 is 0 Å². The van der Waals surface area contributed by atoms with Crippen molar-refractivity contribution in [3.8, 4) is 102 Å². The summed E-state index contributed by atoms with van der Waals surface area (Å²) in [5.41, 5.74) is 22.8. The van der Waals surface area contributed by atoms with Crippen molar-refractivity contribution in [1.29, 1.82) is 0 Å². The van der Waals surface area contributed by atoms with Gasteiger partial charge in [-0.3, -0.25) is 9.97 Å². The Hall–Kier alpha value is -11.9. The molecule has 0 unspecified atom stereocenters. The molecule has 11 heteroatoms. The van der Waals surface area contributed by atoms with Crippen LogP contribution in [0.4, 0.5) is 0 Å². The number of hydrogen-bond acceptors (Lipinski definition) is 10. The molecule has 0 N–H and O–H groups in total. The molecular formula is C84H66N10Si. The summed E-state index contributed by atoms with van der Waals surface area (Å²) in [5, 5.41) is 2.60. The Morgan fingerprint density at radius 3 is 0.716 bits per heavy atom. The molecule has 0 amide bonds. The third-order valence-electron chi connectivity index (χ3n) is 17.1. The van der Waals surface area contributed by atoms with Crippen molar-refractivity contribution in [2.24, 2.45) is 0 Å². The van der Waals surface area contributed by atoms with Crippen LogP contribution in [0.1, 0.15) is 44.8 Å². The second-order valence-electron chi connectivity index (χ2n) is 24.3. The van der Waals surface area contributed by atoms with Crippen LogP contribution in [0.3, 0.4) is 0 Å². The fourth-order valence-corrected chi connectivity index (χ4v) is 15.7. The quantitative estimate of drug-likeness (QED) is 0.103. The number of rotatable bonds is 13. The van der Waals surface area contributed by atoms with Gasteiger partial charge in [0.15, 0.2) is 34.9 Å². The predicted octanol–water partition coefficient (Wildman–Crippen LogP) is 19.9. The largest absolute Gasteiger partial charge is 0.255 e. The molecule has 0 bridgehead atoms. The molecule has 6 aromatic heterocycles. The number of allylic oxidation sites excluding steroid dienone is 2. The number of aromatic nitrogens is 10. The molecule has 8 aromatic carbocycles. The third kappa shape index (κ3) is 13.1. The predicted molar refractivity (Wildman–Crippen MR) is 389 cm³/mol. The first-order valence-electron chi connectivity index (χ1n) is 31.9. The van der Waals surface area contributed by atoms with Crippen LogP contribution in [0.15, 0.2) is 291 Å². The molecule has 0 radical (unpaired) electrons. The lowest BCUT2D eigenvalue weighted by atomic mass is 9.90. The zero-order valence-corrected chi connectivity index (χ0v) is 54.7. The van der Waals surface area contributed by atoms with Gasteiger partial charge in [0.1, 0.15) is 8.07 Å². The highest BCUT2D eigenvalue weighted by molar-refractivity contribution is 7.13. The second-order valence-corrected chi connectivity index (χ2v) is 28.6. The molecule has 456 valence electrons. The Balaban J connectivity index is 0.000000167. The Morgan fingerprint density at radius 1 is 0.200 bits per heavy atom. The molecule has 0 fully saturated rings. The number of aryl methyl sites for hydroxylation is 4. The summed E-state index contributed by atoms with van der Waals surface area (Å²) in [7, 11) is -2.43. The molecule has 1 aliphatic heterocycles. The topological polar surface area (TPSA) is 129 Å². The molecular weight excluding hydrogens is 1180 g/mol. The van der Waals surface area contributed by atoms with Gasteiger partial charge in [0.2, 0.25) is 0 Å². The Kier molecular flexibility index (Phi) is 17.1. The number of benzene rings is 8. The molecule has 10 nitrogen and oxygen atoms in total. The Labute approximate surface area is 555 Å². The molecule has 0 spiro atoms. The first-order valence-corrected chi connectivity index (χ1v) is 34.9. The molecule has 7 heterocycles. The smallest absolute Gasteiger partial charge is 0.164 e. The highest BCUT2D eigenvalue weighted by atomic mass is 28.3. The van der Waals surface area contributed by atoms with E-state index in [1.807, 2.05) is 60.9 Å². The normalized spacial score (nSPS) is 12.5. The van der Waals surface area contributed by atoms with Crippen molar-refractivity contribution in [1.82, 2.24) is 49.8 Å². The molecule has 14 aromatic rings. The highest BCUT2D eigenvalue weighted by Crippen LogP contribution is 2.55. The minimum atomic E-state index is -2.43. The first-order chi connectivity index (χ1) is 46.4. The average molecular weight is 1240 g/mol. The van der Waals surface area contributed by atoms with Crippen LogP contribution in [-0.4, -0.2) is 57.9 Å². The molecule has 0 saturated carbocycles. The summed E-state index contributed by atoms with van der Waals surface area (Å²) in [6, 6.07) is 95.9. The lowest BCUT2D eigenvalue weighted by Gasteiger charge is -2.25. The van der Waals surface area contributed by atoms with E-state index in [9.17, 15) is 0 Å². The van der Waals surface area contributed by atoms with E-state index >= 15 is 0 Å². The van der Waals surface area contributed by atoms with Crippen LogP contribution in [0.2, 0.25) is 13.1 Å². The van der Waals surface area contributed by atoms with Crippen LogP contribution in [0, 0.1) is 27.7 Å². The molecule has 0 aliphatic carbocycles. The first kappa shape index (κ1) is 60.6. The van der Waals surface area contributed by atoms with E-state index in [2.05, 4.69) is 281 Å². The summed E-state index contributed by atoms with van der Waals surface area (Å²) >= 11 is 0. The summed E-state index contributed by atoms with van der Waals surface area (Å²) in [4.78, 5) is 49.2. The van der Waals surface area contributed by atoms with E-state index in [0.29, 0.717) is 34.9 Å². The van der Waals surface area contributed by atoms with Crippen molar-refractivity contribution in [3.63, 3.8) is 0 Å². The third-order valence-corrected chi connectivity index (χ3v) is 20.6. The van der Waals surface area contributed by atoms with Gasteiger partial charge in [-0.15, -0.1) is 0 Å². The highest BCUT2D eigenvalue weighted by Gasteiger charge is 2.45. The maximum absolute atomic E-state index is 5.28. The van der Waals surface area contributed by atoms with Gasteiger partial charge in [0, 0.05) is 45.8 Å². The lowest BCUT2D eigenvalue weighted by Crippen LogP contribution is -2.29.